The van der Waals surface area contributed by atoms with Crippen molar-refractivity contribution < 1.29 is 29.0 Å². The summed E-state index contributed by atoms with van der Waals surface area (Å²) in [4.78, 5) is 44.7. The van der Waals surface area contributed by atoms with E-state index in [-0.39, 0.29) is 31.6 Å². The van der Waals surface area contributed by atoms with Crippen molar-refractivity contribution in [2.75, 3.05) is 31.2 Å². The van der Waals surface area contributed by atoms with Gasteiger partial charge in [-0.2, -0.15) is 0 Å². The molecule has 1 aromatic rings. The molecule has 0 radical (unpaired) electrons. The van der Waals surface area contributed by atoms with Crippen LogP contribution in [0.3, 0.4) is 0 Å². The highest BCUT2D eigenvalue weighted by Gasteiger charge is 2.75. The van der Waals surface area contributed by atoms with Crippen LogP contribution < -0.4 is 4.90 Å². The van der Waals surface area contributed by atoms with Crippen molar-refractivity contribution in [3.63, 3.8) is 0 Å². The van der Waals surface area contributed by atoms with Crippen molar-refractivity contribution in [2.24, 2.45) is 11.8 Å². The second kappa shape index (κ2) is 12.5. The van der Waals surface area contributed by atoms with Crippen LogP contribution in [0.15, 0.2) is 49.6 Å². The first-order valence-corrected chi connectivity index (χ1v) is 13.8. The van der Waals surface area contributed by atoms with E-state index in [2.05, 4.69) is 13.2 Å². The average Bonchev–Trinajstić information content (AvgIpc) is 3.55. The molecular formula is C29H37ClN2O6. The maximum atomic E-state index is 14.4. The van der Waals surface area contributed by atoms with Crippen LogP contribution in [0.2, 0.25) is 5.02 Å². The molecule has 0 aliphatic carbocycles. The highest BCUT2D eigenvalue weighted by Crippen LogP contribution is 2.59. The van der Waals surface area contributed by atoms with Gasteiger partial charge in [0.15, 0.2) is 0 Å². The summed E-state index contributed by atoms with van der Waals surface area (Å²) in [7, 11) is 0. The van der Waals surface area contributed by atoms with E-state index < -0.39 is 35.6 Å². The predicted molar refractivity (Wildman–Crippen MR) is 145 cm³/mol. The molecule has 38 heavy (non-hydrogen) atoms. The minimum atomic E-state index is -1.10. The van der Waals surface area contributed by atoms with Crippen molar-refractivity contribution in [1.29, 1.82) is 0 Å². The number of hydrogen-bond acceptors (Lipinski definition) is 6. The minimum absolute atomic E-state index is 0.119. The number of carbonyl (C=O) groups is 3. The van der Waals surface area contributed by atoms with Gasteiger partial charge in [0, 0.05) is 19.7 Å². The van der Waals surface area contributed by atoms with Crippen molar-refractivity contribution in [3.8, 4) is 0 Å². The van der Waals surface area contributed by atoms with E-state index >= 15 is 0 Å². The Bertz CT molecular complexity index is 1060. The van der Waals surface area contributed by atoms with Gasteiger partial charge >= 0.3 is 5.97 Å². The largest absolute Gasteiger partial charge is 0.465 e. The lowest BCUT2D eigenvalue weighted by Gasteiger charge is -2.37. The fourth-order valence-electron chi connectivity index (χ4n) is 6.28. The van der Waals surface area contributed by atoms with Crippen LogP contribution in [0.5, 0.6) is 0 Å². The fraction of sp³-hybridized carbons (Fsp3) is 0.552. The number of esters is 1. The van der Waals surface area contributed by atoms with Gasteiger partial charge in [-0.25, -0.2) is 0 Å². The molecule has 2 unspecified atom stereocenters. The standard InChI is InChI=1S/C29H37ClN2O6/c1-3-5-19-37-28(36)23-22-14-15-29(38-22)24(23)26(34)32(17-10-6-7-11-18-33)25(29)27(35)31(16-4-2)21-13-9-8-12-20(21)30/h3-4,8-9,12-13,22-25,33H,1-2,5-7,10-11,14-19H2/t22-,23+,24-,25?,29?/m0/s1. The van der Waals surface area contributed by atoms with Crippen molar-refractivity contribution in [1.82, 2.24) is 4.90 Å². The third-order valence-electron chi connectivity index (χ3n) is 7.90. The summed E-state index contributed by atoms with van der Waals surface area (Å²) in [6, 6.07) is 6.18. The molecule has 2 bridgehead atoms. The Hall–Kier alpha value is -2.68. The second-order valence-electron chi connectivity index (χ2n) is 10.2. The van der Waals surface area contributed by atoms with Gasteiger partial charge < -0.3 is 24.4 Å². The number of halogens is 1. The lowest BCUT2D eigenvalue weighted by Crippen LogP contribution is -2.56. The van der Waals surface area contributed by atoms with Crippen LogP contribution >= 0.6 is 11.6 Å². The summed E-state index contributed by atoms with van der Waals surface area (Å²) in [6.45, 7) is 8.35. The third-order valence-corrected chi connectivity index (χ3v) is 8.22. The van der Waals surface area contributed by atoms with Crippen molar-refractivity contribution >= 4 is 35.1 Å². The first-order chi connectivity index (χ1) is 18.4. The zero-order valence-electron chi connectivity index (χ0n) is 21.7. The monoisotopic (exact) mass is 544 g/mol. The fourth-order valence-corrected chi connectivity index (χ4v) is 6.52. The summed E-state index contributed by atoms with van der Waals surface area (Å²) < 4.78 is 12.0. The number of rotatable bonds is 14. The number of unbranched alkanes of at least 4 members (excludes halogenated alkanes) is 3. The first-order valence-electron chi connectivity index (χ1n) is 13.4. The number of aliphatic hydroxyl groups is 1. The molecule has 3 fully saturated rings. The first kappa shape index (κ1) is 28.3. The van der Waals surface area contributed by atoms with Gasteiger partial charge in [-0.15, -0.1) is 13.2 Å². The normalized spacial score (nSPS) is 27.3. The summed E-state index contributed by atoms with van der Waals surface area (Å²) in [5.74, 6) is -2.52. The van der Waals surface area contributed by atoms with Crippen molar-refractivity contribution in [3.05, 3.63) is 54.6 Å². The minimum Gasteiger partial charge on any atom is -0.465 e. The van der Waals surface area contributed by atoms with Gasteiger partial charge in [-0.3, -0.25) is 14.4 Å². The Morgan fingerprint density at radius 1 is 1.21 bits per heavy atom. The highest BCUT2D eigenvalue weighted by molar-refractivity contribution is 6.34. The van der Waals surface area contributed by atoms with Crippen LogP contribution in [0.1, 0.15) is 44.9 Å². The van der Waals surface area contributed by atoms with Gasteiger partial charge in [0.2, 0.25) is 5.91 Å². The number of hydrogen-bond donors (Lipinski definition) is 1. The molecule has 0 aromatic heterocycles. The number of benzene rings is 1. The summed E-state index contributed by atoms with van der Waals surface area (Å²) in [6.07, 6.45) is 7.42. The van der Waals surface area contributed by atoms with E-state index in [4.69, 9.17) is 26.2 Å². The zero-order valence-corrected chi connectivity index (χ0v) is 22.5. The molecular weight excluding hydrogens is 508 g/mol. The Morgan fingerprint density at radius 3 is 2.68 bits per heavy atom. The average molecular weight is 545 g/mol. The number of carbonyl (C=O) groups excluding carboxylic acids is 3. The molecule has 5 atom stereocenters. The van der Waals surface area contributed by atoms with E-state index in [1.54, 1.807) is 46.2 Å². The van der Waals surface area contributed by atoms with E-state index in [1.807, 2.05) is 0 Å². The molecule has 9 heteroatoms. The maximum Gasteiger partial charge on any atom is 0.312 e. The number of nitrogens with zero attached hydrogens (tertiary/aromatic N) is 2. The lowest BCUT2D eigenvalue weighted by atomic mass is 9.70. The predicted octanol–water partition coefficient (Wildman–Crippen LogP) is 3.91. The molecule has 1 spiro atoms. The molecule has 3 aliphatic rings. The lowest BCUT2D eigenvalue weighted by molar-refractivity contribution is -0.155. The number of para-hydroxylation sites is 1. The van der Waals surface area contributed by atoms with Crippen LogP contribution in [0.4, 0.5) is 5.69 Å². The number of amides is 2. The molecule has 4 rings (SSSR count). The number of anilines is 1. The van der Waals surface area contributed by atoms with Gasteiger partial charge in [0.1, 0.15) is 11.6 Å². The van der Waals surface area contributed by atoms with E-state index in [9.17, 15) is 14.4 Å². The van der Waals surface area contributed by atoms with Gasteiger partial charge in [0.05, 0.1) is 35.3 Å². The molecule has 8 nitrogen and oxygen atoms in total. The van der Waals surface area contributed by atoms with Gasteiger partial charge in [-0.1, -0.05) is 48.7 Å². The van der Waals surface area contributed by atoms with E-state index in [0.717, 1.165) is 12.8 Å². The topological polar surface area (TPSA) is 96.4 Å². The zero-order chi connectivity index (χ0) is 27.3. The molecule has 3 aliphatic heterocycles. The third kappa shape index (κ3) is 5.14. The molecule has 0 saturated carbocycles. The van der Waals surface area contributed by atoms with Crippen LogP contribution in [-0.2, 0) is 23.9 Å². The molecule has 3 heterocycles. The van der Waals surface area contributed by atoms with Crippen molar-refractivity contribution in [2.45, 2.75) is 62.7 Å². The summed E-state index contributed by atoms with van der Waals surface area (Å²) >= 11 is 6.49. The van der Waals surface area contributed by atoms with Crippen LogP contribution in [0, 0.1) is 11.8 Å². The smallest absolute Gasteiger partial charge is 0.312 e. The van der Waals surface area contributed by atoms with E-state index in [1.165, 1.54) is 0 Å². The molecule has 1 N–H and O–H groups in total. The Balaban J connectivity index is 1.68. The van der Waals surface area contributed by atoms with Gasteiger partial charge in [-0.05, 0) is 44.2 Å². The number of aliphatic hydroxyl groups excluding tert-OH is 1. The molecule has 2 amide bonds. The Morgan fingerprint density at radius 2 is 1.97 bits per heavy atom. The molecule has 3 saturated heterocycles. The summed E-state index contributed by atoms with van der Waals surface area (Å²) in [5, 5.41) is 9.53. The highest BCUT2D eigenvalue weighted by atomic mass is 35.5. The molecule has 206 valence electrons. The summed E-state index contributed by atoms with van der Waals surface area (Å²) in [5.41, 5.74) is -0.575. The maximum absolute atomic E-state index is 14.4. The van der Waals surface area contributed by atoms with Crippen LogP contribution in [-0.4, -0.2) is 71.8 Å². The van der Waals surface area contributed by atoms with Crippen LogP contribution in [0.25, 0.3) is 0 Å². The van der Waals surface area contributed by atoms with E-state index in [0.29, 0.717) is 49.4 Å². The number of fused-ring (bicyclic) bond motifs is 1. The molecule has 1 aromatic carbocycles. The Labute approximate surface area is 229 Å². The van der Waals surface area contributed by atoms with Gasteiger partial charge in [0.25, 0.3) is 5.91 Å². The Kier molecular flexibility index (Phi) is 9.28. The SMILES string of the molecule is C=CCCOC(=O)[C@@H]1[C@@H]2CCC3(O2)C(C(=O)N(CC=C)c2ccccc2Cl)N(CCCCCCO)C(=O)[C@H]13. The number of ether oxygens (including phenoxy) is 2. The quantitative estimate of drug-likeness (QED) is 0.217. The number of likely N-dealkylation sites (tertiary alicyclic amines) is 1. The second-order valence-corrected chi connectivity index (χ2v) is 10.6.